The van der Waals surface area contributed by atoms with E-state index in [1.807, 2.05) is 32.9 Å². The van der Waals surface area contributed by atoms with E-state index in [2.05, 4.69) is 32.3 Å². The minimum Gasteiger partial charge on any atom is -0.493 e. The molecule has 0 saturated heterocycles. The molecule has 2 aromatic carbocycles. The molecule has 3 aromatic rings. The van der Waals surface area contributed by atoms with Crippen molar-refractivity contribution in [1.29, 1.82) is 0 Å². The number of methoxy groups -OCH3 is 2. The van der Waals surface area contributed by atoms with Gasteiger partial charge in [-0.15, -0.1) is 0 Å². The molecule has 0 fully saturated rings. The van der Waals surface area contributed by atoms with E-state index in [4.69, 9.17) is 23.7 Å². The molecule has 1 aromatic heterocycles. The molecular weight excluding hydrogens is 715 g/mol. The first-order chi connectivity index (χ1) is 21.5. The number of rotatable bonds is 12. The van der Waals surface area contributed by atoms with Gasteiger partial charge in [0.25, 0.3) is 5.56 Å². The largest absolute Gasteiger partial charge is 0.493 e. The smallest absolute Gasteiger partial charge is 0.343 e. The summed E-state index contributed by atoms with van der Waals surface area (Å²) in [6, 6.07) is 8.08. The monoisotopic (exact) mass is 750 g/mol. The number of ether oxygens (including phenoxy) is 6. The lowest BCUT2D eigenvalue weighted by atomic mass is 9.95. The molecule has 0 saturated carbocycles. The number of nitrogens with zero attached hydrogens (tertiary/aromatic N) is 2. The van der Waals surface area contributed by atoms with Gasteiger partial charge in [0.1, 0.15) is 0 Å². The Kier molecular flexibility index (Phi) is 11.3. The highest BCUT2D eigenvalue weighted by atomic mass is 127. The van der Waals surface area contributed by atoms with Gasteiger partial charge in [-0.1, -0.05) is 17.4 Å². The van der Waals surface area contributed by atoms with Crippen LogP contribution in [-0.2, 0) is 19.1 Å². The first-order valence-electron chi connectivity index (χ1n) is 14.2. The van der Waals surface area contributed by atoms with Gasteiger partial charge in [-0.25, -0.2) is 14.6 Å². The molecule has 240 valence electrons. The number of carbonyl (C=O) groups is 2. The maximum Gasteiger partial charge on any atom is 0.343 e. The van der Waals surface area contributed by atoms with Crippen molar-refractivity contribution in [2.24, 2.45) is 4.99 Å². The predicted molar refractivity (Wildman–Crippen MR) is 177 cm³/mol. The molecule has 0 amide bonds. The fourth-order valence-corrected chi connectivity index (χ4v) is 6.56. The van der Waals surface area contributed by atoms with E-state index in [9.17, 15) is 14.4 Å². The first-order valence-corrected chi connectivity index (χ1v) is 16.1. The SMILES string of the molecule is CCOC(=O)C1=C(C)N=c2s/c(=C\c3cc(I)c(OCC(=O)OC)c(OCC)c3)c(=O)n2[C@@H]1c1ccc(OC(C)C)c(OC)c1. The van der Waals surface area contributed by atoms with Crippen molar-refractivity contribution in [2.45, 2.75) is 46.8 Å². The van der Waals surface area contributed by atoms with E-state index < -0.39 is 18.0 Å². The van der Waals surface area contributed by atoms with Gasteiger partial charge in [-0.3, -0.25) is 9.36 Å². The number of carbonyl (C=O) groups excluding carboxylic acids is 2. The van der Waals surface area contributed by atoms with E-state index in [-0.39, 0.29) is 30.5 Å². The Balaban J connectivity index is 1.89. The number of benzene rings is 2. The number of thiazole rings is 1. The average Bonchev–Trinajstić information content (AvgIpc) is 3.29. The minimum atomic E-state index is -0.822. The molecule has 0 bridgehead atoms. The van der Waals surface area contributed by atoms with Gasteiger partial charge in [0.2, 0.25) is 0 Å². The van der Waals surface area contributed by atoms with Crippen LogP contribution in [0.15, 0.2) is 51.4 Å². The Labute approximate surface area is 278 Å². The molecule has 13 heteroatoms. The van der Waals surface area contributed by atoms with E-state index in [0.717, 1.165) is 0 Å². The van der Waals surface area contributed by atoms with Gasteiger partial charge < -0.3 is 28.4 Å². The van der Waals surface area contributed by atoms with Crippen LogP contribution in [0.25, 0.3) is 6.08 Å². The van der Waals surface area contributed by atoms with E-state index in [0.29, 0.717) is 59.3 Å². The van der Waals surface area contributed by atoms with Crippen molar-refractivity contribution >= 4 is 51.9 Å². The quantitative estimate of drug-likeness (QED) is 0.199. The lowest BCUT2D eigenvalue weighted by Gasteiger charge is -2.25. The third kappa shape index (κ3) is 7.52. The van der Waals surface area contributed by atoms with E-state index >= 15 is 0 Å². The minimum absolute atomic E-state index is 0.0839. The summed E-state index contributed by atoms with van der Waals surface area (Å²) in [5.74, 6) is 0.745. The lowest BCUT2D eigenvalue weighted by Crippen LogP contribution is -2.40. The molecule has 1 aliphatic rings. The number of esters is 2. The van der Waals surface area contributed by atoms with Gasteiger partial charge in [-0.2, -0.15) is 0 Å². The summed E-state index contributed by atoms with van der Waals surface area (Å²) in [7, 11) is 2.82. The fraction of sp³-hybridized carbons (Fsp3) is 0.375. The number of allylic oxidation sites excluding steroid dienone is 1. The second-order valence-corrected chi connectivity index (χ2v) is 12.2. The van der Waals surface area contributed by atoms with Gasteiger partial charge >= 0.3 is 11.9 Å². The highest BCUT2D eigenvalue weighted by Crippen LogP contribution is 2.37. The van der Waals surface area contributed by atoms with Gasteiger partial charge in [0.15, 0.2) is 34.4 Å². The summed E-state index contributed by atoms with van der Waals surface area (Å²) in [6.07, 6.45) is 1.65. The van der Waals surface area contributed by atoms with Crippen LogP contribution < -0.4 is 33.8 Å². The molecule has 0 spiro atoms. The molecular formula is C32H35IN2O9S. The number of hydrogen-bond acceptors (Lipinski definition) is 11. The first kappa shape index (κ1) is 34.0. The summed E-state index contributed by atoms with van der Waals surface area (Å²) in [4.78, 5) is 44.2. The Morgan fingerprint density at radius 3 is 2.47 bits per heavy atom. The molecule has 1 aliphatic heterocycles. The number of fused-ring (bicyclic) bond motifs is 1. The maximum atomic E-state index is 14.1. The Morgan fingerprint density at radius 1 is 1.07 bits per heavy atom. The van der Waals surface area contributed by atoms with Crippen LogP contribution in [0.4, 0.5) is 0 Å². The predicted octanol–water partition coefficient (Wildman–Crippen LogP) is 4.15. The van der Waals surface area contributed by atoms with Crippen molar-refractivity contribution < 1.29 is 38.0 Å². The molecule has 0 radical (unpaired) electrons. The normalized spacial score (nSPS) is 14.5. The van der Waals surface area contributed by atoms with Crippen LogP contribution in [-0.4, -0.2) is 56.6 Å². The third-order valence-electron chi connectivity index (χ3n) is 6.57. The van der Waals surface area contributed by atoms with Gasteiger partial charge in [0, 0.05) is 0 Å². The zero-order valence-electron chi connectivity index (χ0n) is 26.1. The highest BCUT2D eigenvalue weighted by molar-refractivity contribution is 14.1. The topological polar surface area (TPSA) is 124 Å². The molecule has 0 N–H and O–H groups in total. The second kappa shape index (κ2) is 15.0. The van der Waals surface area contributed by atoms with Crippen LogP contribution in [0.1, 0.15) is 51.8 Å². The van der Waals surface area contributed by atoms with E-state index in [1.165, 1.54) is 30.1 Å². The molecule has 4 rings (SSSR count). The fourth-order valence-electron chi connectivity index (χ4n) is 4.73. The molecule has 2 heterocycles. The van der Waals surface area contributed by atoms with Crippen molar-refractivity contribution in [2.75, 3.05) is 34.0 Å². The van der Waals surface area contributed by atoms with Crippen molar-refractivity contribution in [3.63, 3.8) is 0 Å². The standard InChI is InChI=1S/C32H35IN2O9S/c1-8-41-24-13-19(12-21(33)29(24)43-16-26(36)40-7)14-25-30(37)35-28(20-10-11-22(44-17(3)4)23(15-20)39-6)27(31(38)42-9-2)18(5)34-32(35)45-25/h10-15,17,28H,8-9,16H2,1-7H3/b25-14-/t28-/m1/s1. The molecule has 11 nitrogen and oxygen atoms in total. The zero-order chi connectivity index (χ0) is 32.8. The van der Waals surface area contributed by atoms with Gasteiger partial charge in [0.05, 0.1) is 59.0 Å². The van der Waals surface area contributed by atoms with Crippen LogP contribution in [0, 0.1) is 3.57 Å². The zero-order valence-corrected chi connectivity index (χ0v) is 29.1. The Bertz CT molecular complexity index is 1810. The van der Waals surface area contributed by atoms with E-state index in [1.54, 1.807) is 38.1 Å². The summed E-state index contributed by atoms with van der Waals surface area (Å²) >= 11 is 3.29. The van der Waals surface area contributed by atoms with Crippen LogP contribution in [0.2, 0.25) is 0 Å². The Hall–Kier alpha value is -3.85. The molecule has 0 unspecified atom stereocenters. The second-order valence-electron chi connectivity index (χ2n) is 10.0. The van der Waals surface area contributed by atoms with Crippen molar-refractivity contribution in [1.82, 2.24) is 4.57 Å². The molecule has 45 heavy (non-hydrogen) atoms. The van der Waals surface area contributed by atoms with Crippen LogP contribution >= 0.6 is 33.9 Å². The number of halogens is 1. The summed E-state index contributed by atoms with van der Waals surface area (Å²) in [5.41, 5.74) is 1.68. The third-order valence-corrected chi connectivity index (χ3v) is 8.36. The summed E-state index contributed by atoms with van der Waals surface area (Å²) in [5, 5.41) is 0. The van der Waals surface area contributed by atoms with Crippen LogP contribution in [0.3, 0.4) is 0 Å². The summed E-state index contributed by atoms with van der Waals surface area (Å²) in [6.45, 7) is 9.36. The maximum absolute atomic E-state index is 14.1. The average molecular weight is 751 g/mol. The lowest BCUT2D eigenvalue weighted by molar-refractivity contribution is -0.143. The summed E-state index contributed by atoms with van der Waals surface area (Å²) < 4.78 is 35.7. The highest BCUT2D eigenvalue weighted by Gasteiger charge is 2.34. The van der Waals surface area contributed by atoms with Crippen LogP contribution in [0.5, 0.6) is 23.0 Å². The Morgan fingerprint density at radius 2 is 1.82 bits per heavy atom. The van der Waals surface area contributed by atoms with Crippen molar-refractivity contribution in [3.8, 4) is 23.0 Å². The molecule has 0 aliphatic carbocycles. The molecule has 1 atom stereocenters. The van der Waals surface area contributed by atoms with Gasteiger partial charge in [-0.05, 0) is 98.7 Å². The number of aromatic nitrogens is 1. The number of hydrogen-bond donors (Lipinski definition) is 0. The van der Waals surface area contributed by atoms with Crippen molar-refractivity contribution in [3.05, 3.63) is 76.0 Å².